The van der Waals surface area contributed by atoms with Crippen LogP contribution in [0.25, 0.3) is 0 Å². The van der Waals surface area contributed by atoms with Crippen LogP contribution in [-0.2, 0) is 14.3 Å². The highest BCUT2D eigenvalue weighted by molar-refractivity contribution is 6.10. The van der Waals surface area contributed by atoms with Crippen LogP contribution in [-0.4, -0.2) is 40.5 Å². The molecule has 4 atom stereocenters. The van der Waals surface area contributed by atoms with Crippen LogP contribution in [0.15, 0.2) is 95.0 Å². The molecule has 1 saturated heterocycles. The van der Waals surface area contributed by atoms with Gasteiger partial charge in [0.05, 0.1) is 12.1 Å². The first-order valence-electron chi connectivity index (χ1n) is 12.2. The fourth-order valence-electron chi connectivity index (χ4n) is 5.74. The second-order valence-corrected chi connectivity index (χ2v) is 10.6. The number of carbonyl (C=O) groups excluding carboxylic acids is 2. The zero-order valence-corrected chi connectivity index (χ0v) is 20.5. The van der Waals surface area contributed by atoms with E-state index in [1.54, 1.807) is 6.21 Å². The van der Waals surface area contributed by atoms with Crippen LogP contribution in [0.5, 0.6) is 0 Å². The fourth-order valence-corrected chi connectivity index (χ4v) is 5.74. The van der Waals surface area contributed by atoms with Crippen LogP contribution in [0, 0.1) is 5.41 Å². The summed E-state index contributed by atoms with van der Waals surface area (Å²) in [7, 11) is 0. The summed E-state index contributed by atoms with van der Waals surface area (Å²) in [4.78, 5) is 33.3. The summed E-state index contributed by atoms with van der Waals surface area (Å²) in [6.45, 7) is 5.72. The van der Waals surface area contributed by atoms with E-state index in [4.69, 9.17) is 14.8 Å². The average Bonchev–Trinajstić information content (AvgIpc) is 3.39. The summed E-state index contributed by atoms with van der Waals surface area (Å²) in [5.74, 6) is -0.767. The van der Waals surface area contributed by atoms with E-state index in [2.05, 4.69) is 0 Å². The number of hydrogen-bond donors (Lipinski definition) is 0. The normalized spacial score (nSPS) is 26.4. The van der Waals surface area contributed by atoms with Crippen molar-refractivity contribution < 1.29 is 14.3 Å². The van der Waals surface area contributed by atoms with Gasteiger partial charge in [-0.1, -0.05) is 93.6 Å². The first-order valence-corrected chi connectivity index (χ1v) is 12.2. The Morgan fingerprint density at radius 2 is 1.56 bits per heavy atom. The predicted molar refractivity (Wildman–Crippen MR) is 138 cm³/mol. The van der Waals surface area contributed by atoms with E-state index in [1.807, 2.05) is 111 Å². The van der Waals surface area contributed by atoms with Gasteiger partial charge in [-0.25, -0.2) is 9.79 Å². The highest BCUT2D eigenvalue weighted by atomic mass is 16.6. The second kappa shape index (κ2) is 7.98. The molecule has 6 rings (SSSR count). The molecule has 0 aliphatic carbocycles. The smallest absolute Gasteiger partial charge is 0.344 e. The van der Waals surface area contributed by atoms with Gasteiger partial charge < -0.3 is 4.74 Å². The molecule has 6 heteroatoms. The fraction of sp³-hybridized carbons (Fsp3) is 0.267. The first-order chi connectivity index (χ1) is 17.3. The Balaban J connectivity index is 1.66. The maximum absolute atomic E-state index is 14.1. The van der Waals surface area contributed by atoms with Gasteiger partial charge in [-0.3, -0.25) is 9.80 Å². The summed E-state index contributed by atoms with van der Waals surface area (Å²) in [5, 5.41) is 6.60. The minimum atomic E-state index is -1.38. The lowest BCUT2D eigenvalue weighted by molar-refractivity contribution is -0.140. The minimum Gasteiger partial charge on any atom is -0.405 e. The van der Waals surface area contributed by atoms with E-state index in [0.717, 1.165) is 22.3 Å². The molecular weight excluding hydrogens is 450 g/mol. The summed E-state index contributed by atoms with van der Waals surface area (Å²) in [5.41, 5.74) is 1.36. The van der Waals surface area contributed by atoms with Crippen molar-refractivity contribution in [3.8, 4) is 0 Å². The molecule has 0 N–H and O–H groups in total. The van der Waals surface area contributed by atoms with Crippen LogP contribution in [0.2, 0.25) is 0 Å². The molecule has 0 unspecified atom stereocenters. The highest BCUT2D eigenvalue weighted by Gasteiger charge is 2.71. The van der Waals surface area contributed by atoms with Crippen LogP contribution >= 0.6 is 0 Å². The maximum atomic E-state index is 14.1. The number of nitrogens with zero attached hydrogens (tertiary/aromatic N) is 3. The van der Waals surface area contributed by atoms with Crippen molar-refractivity contribution in [2.24, 2.45) is 15.5 Å². The molecule has 3 aromatic rings. The van der Waals surface area contributed by atoms with Crippen molar-refractivity contribution in [1.29, 1.82) is 0 Å². The summed E-state index contributed by atoms with van der Waals surface area (Å²) in [6.07, 6.45) is 1.78. The molecule has 0 aromatic heterocycles. The van der Waals surface area contributed by atoms with E-state index < -0.39 is 34.9 Å². The quantitative estimate of drug-likeness (QED) is 0.503. The van der Waals surface area contributed by atoms with E-state index in [-0.39, 0.29) is 11.7 Å². The van der Waals surface area contributed by atoms with Crippen LogP contribution < -0.4 is 0 Å². The summed E-state index contributed by atoms with van der Waals surface area (Å²) < 4.78 is 5.94. The van der Waals surface area contributed by atoms with E-state index >= 15 is 0 Å². The van der Waals surface area contributed by atoms with Crippen molar-refractivity contribution in [1.82, 2.24) is 5.01 Å². The lowest BCUT2D eigenvalue weighted by atomic mass is 9.70. The SMILES string of the molecule is CC(C)(C)C(=O)[C@@H]1[C@H](c2ccccc2)[C@@]2(N=C(c3ccccc3)OC2=O)[C@H]2c3ccccc3C=NN12. The molecule has 0 amide bonds. The average molecular weight is 478 g/mol. The minimum absolute atomic E-state index is 0.00548. The van der Waals surface area contributed by atoms with Crippen LogP contribution in [0.3, 0.4) is 0 Å². The predicted octanol–water partition coefficient (Wildman–Crippen LogP) is 4.90. The Kier molecular flexibility index (Phi) is 4.97. The second-order valence-electron chi connectivity index (χ2n) is 10.6. The Morgan fingerprint density at radius 1 is 0.917 bits per heavy atom. The molecule has 3 aliphatic heterocycles. The van der Waals surface area contributed by atoms with Gasteiger partial charge >= 0.3 is 5.97 Å². The molecule has 3 aliphatic rings. The van der Waals surface area contributed by atoms with Gasteiger partial charge in [0.15, 0.2) is 11.3 Å². The lowest BCUT2D eigenvalue weighted by Crippen LogP contribution is -2.45. The number of hydrogen-bond acceptors (Lipinski definition) is 6. The molecule has 1 spiro atoms. The number of rotatable bonds is 3. The number of ether oxygens (including phenoxy) is 1. The highest BCUT2D eigenvalue weighted by Crippen LogP contribution is 2.59. The van der Waals surface area contributed by atoms with Crippen molar-refractivity contribution in [2.75, 3.05) is 0 Å². The summed E-state index contributed by atoms with van der Waals surface area (Å²) >= 11 is 0. The largest absolute Gasteiger partial charge is 0.405 e. The molecule has 36 heavy (non-hydrogen) atoms. The molecule has 3 aromatic carbocycles. The number of aliphatic imine (C=N–C) groups is 1. The Morgan fingerprint density at radius 3 is 2.25 bits per heavy atom. The monoisotopic (exact) mass is 477 g/mol. The number of Topliss-reactive ketones (excluding diaryl/α,β-unsaturated/α-hetero) is 1. The summed E-state index contributed by atoms with van der Waals surface area (Å²) in [6, 6.07) is 25.7. The zero-order valence-electron chi connectivity index (χ0n) is 20.5. The molecule has 0 radical (unpaired) electrons. The molecule has 0 bridgehead atoms. The maximum Gasteiger partial charge on any atom is 0.344 e. The van der Waals surface area contributed by atoms with Gasteiger partial charge in [0.2, 0.25) is 5.90 Å². The Bertz CT molecular complexity index is 1410. The van der Waals surface area contributed by atoms with Crippen molar-refractivity contribution in [3.05, 3.63) is 107 Å². The van der Waals surface area contributed by atoms with Crippen molar-refractivity contribution in [3.63, 3.8) is 0 Å². The van der Waals surface area contributed by atoms with Gasteiger partial charge in [0.25, 0.3) is 0 Å². The van der Waals surface area contributed by atoms with Crippen molar-refractivity contribution >= 4 is 23.9 Å². The van der Waals surface area contributed by atoms with Crippen LogP contribution in [0.1, 0.15) is 55.0 Å². The van der Waals surface area contributed by atoms with E-state index in [1.165, 1.54) is 0 Å². The van der Waals surface area contributed by atoms with Crippen molar-refractivity contribution in [2.45, 2.75) is 44.3 Å². The van der Waals surface area contributed by atoms with E-state index in [0.29, 0.717) is 0 Å². The molecule has 0 saturated carbocycles. The number of esters is 1. The number of cyclic esters (lactones) is 1. The molecule has 3 heterocycles. The molecule has 1 fully saturated rings. The van der Waals surface area contributed by atoms with Gasteiger partial charge in [-0.05, 0) is 28.8 Å². The third-order valence-electron chi connectivity index (χ3n) is 7.37. The first kappa shape index (κ1) is 22.4. The standard InChI is InChI=1S/C30H27N3O3/c1-29(2,3)26(34)24-23(19-12-6-4-7-13-19)30(25-22-17-11-10-16-21(22)18-31-33(24)25)28(35)36-27(32-30)20-14-8-5-9-15-20/h4-18,23-25H,1-3H3/t23-,24-,25+,30+/m0/s1. The topological polar surface area (TPSA) is 71.3 Å². The number of ketones is 1. The number of fused-ring (bicyclic) bond motifs is 4. The number of carbonyl (C=O) groups is 2. The third-order valence-corrected chi connectivity index (χ3v) is 7.37. The van der Waals surface area contributed by atoms with E-state index in [9.17, 15) is 9.59 Å². The van der Waals surface area contributed by atoms with Crippen LogP contribution in [0.4, 0.5) is 0 Å². The van der Waals surface area contributed by atoms with Gasteiger partial charge in [-0.2, -0.15) is 5.10 Å². The molecule has 6 nitrogen and oxygen atoms in total. The number of benzene rings is 3. The lowest BCUT2D eigenvalue weighted by Gasteiger charge is -2.35. The Hall–Kier alpha value is -4.06. The van der Waals surface area contributed by atoms with Gasteiger partial charge in [-0.15, -0.1) is 0 Å². The molecular formula is C30H27N3O3. The van der Waals surface area contributed by atoms with Gasteiger partial charge in [0, 0.05) is 11.0 Å². The molecule has 180 valence electrons. The third kappa shape index (κ3) is 3.17. The number of hydrazone groups is 1. The van der Waals surface area contributed by atoms with Gasteiger partial charge in [0.1, 0.15) is 12.1 Å². The zero-order chi connectivity index (χ0) is 25.1. The Labute approximate surface area is 210 Å².